The van der Waals surface area contributed by atoms with Crippen molar-refractivity contribution in [1.82, 2.24) is 9.88 Å². The second-order valence-corrected chi connectivity index (χ2v) is 11.6. The molecule has 2 heterocycles. The molecule has 0 radical (unpaired) electrons. The Bertz CT molecular complexity index is 772. The first-order chi connectivity index (χ1) is 12.9. The van der Waals surface area contributed by atoms with Gasteiger partial charge in [0.15, 0.2) is 0 Å². The molecular formula is C21H31N3O3S. The molecule has 1 unspecified atom stereocenters. The van der Waals surface area contributed by atoms with Gasteiger partial charge >= 0.3 is 6.09 Å². The van der Waals surface area contributed by atoms with Crippen LogP contribution in [0.4, 0.5) is 4.79 Å². The molecule has 0 aromatic carbocycles. The van der Waals surface area contributed by atoms with Gasteiger partial charge in [-0.15, -0.1) is 0 Å². The Morgan fingerprint density at radius 2 is 1.89 bits per heavy atom. The number of fused-ring (bicyclic) bond motifs is 1. The molecule has 0 N–H and O–H groups in total. The number of nitrogens with zero attached hydrogens (tertiary/aromatic N) is 3. The van der Waals surface area contributed by atoms with E-state index in [1.54, 1.807) is 11.1 Å². The van der Waals surface area contributed by atoms with Crippen LogP contribution in [0.2, 0.25) is 0 Å². The first kappa shape index (κ1) is 21.1. The summed E-state index contributed by atoms with van der Waals surface area (Å²) in [6.07, 6.45) is 3.84. The second kappa shape index (κ2) is 7.34. The molecule has 28 heavy (non-hydrogen) atoms. The molecule has 1 saturated heterocycles. The van der Waals surface area contributed by atoms with Crippen LogP contribution in [0, 0.1) is 5.41 Å². The van der Waals surface area contributed by atoms with Crippen LogP contribution in [-0.4, -0.2) is 49.7 Å². The lowest BCUT2D eigenvalue weighted by Gasteiger charge is -2.39. The highest BCUT2D eigenvalue weighted by molar-refractivity contribution is 7.91. The molecule has 1 aromatic rings. The number of likely N-dealkylation sites (tertiary alicyclic amines) is 1. The lowest BCUT2D eigenvalue weighted by Crippen LogP contribution is -2.47. The highest BCUT2D eigenvalue weighted by Gasteiger charge is 2.49. The summed E-state index contributed by atoms with van der Waals surface area (Å²) in [6.45, 7) is 12.6. The summed E-state index contributed by atoms with van der Waals surface area (Å²) in [7, 11) is 0. The topological polar surface area (TPSA) is 77.8 Å². The second-order valence-electron chi connectivity index (χ2n) is 9.72. The Kier molecular flexibility index (Phi) is 5.53. The predicted molar refractivity (Wildman–Crippen MR) is 112 cm³/mol. The summed E-state index contributed by atoms with van der Waals surface area (Å²) in [5, 5.41) is 0. The lowest BCUT2D eigenvalue weighted by atomic mass is 9.75. The minimum absolute atomic E-state index is 0.212. The summed E-state index contributed by atoms with van der Waals surface area (Å²) in [4.78, 5) is 18.8. The maximum absolute atomic E-state index is 12.8. The van der Waals surface area contributed by atoms with Gasteiger partial charge in [0.2, 0.25) is 0 Å². The fourth-order valence-electron chi connectivity index (χ4n) is 3.71. The molecule has 1 amide bonds. The quantitative estimate of drug-likeness (QED) is 0.664. The van der Waals surface area contributed by atoms with E-state index in [1.165, 1.54) is 0 Å². The van der Waals surface area contributed by atoms with Crippen LogP contribution in [-0.2, 0) is 22.5 Å². The average molecular weight is 406 g/mol. The summed E-state index contributed by atoms with van der Waals surface area (Å²) in [5.74, 6) is 0. The van der Waals surface area contributed by atoms with Gasteiger partial charge in [0.05, 0.1) is 5.69 Å². The lowest BCUT2D eigenvalue weighted by molar-refractivity contribution is 0.0159. The average Bonchev–Trinajstić information content (AvgIpc) is 2.86. The van der Waals surface area contributed by atoms with Gasteiger partial charge in [0.1, 0.15) is 27.4 Å². The molecule has 1 fully saturated rings. The van der Waals surface area contributed by atoms with Crippen molar-refractivity contribution in [2.45, 2.75) is 71.2 Å². The third-order valence-electron chi connectivity index (χ3n) is 5.22. The Hall–Kier alpha value is -1.60. The number of carbonyl (C=O) groups is 1. The molecule has 154 valence electrons. The van der Waals surface area contributed by atoms with E-state index < -0.39 is 21.7 Å². The summed E-state index contributed by atoms with van der Waals surface area (Å²) >= 11 is -1.34. The molecule has 7 heteroatoms. The van der Waals surface area contributed by atoms with Gasteiger partial charge in [-0.05, 0) is 66.5 Å². The van der Waals surface area contributed by atoms with Crippen LogP contribution < -0.4 is 0 Å². The van der Waals surface area contributed by atoms with Gasteiger partial charge in [-0.25, -0.2) is 4.79 Å². The highest BCUT2D eigenvalue weighted by atomic mass is 32.2. The minimum atomic E-state index is -1.34. The third-order valence-corrected chi connectivity index (χ3v) is 6.62. The zero-order chi connectivity index (χ0) is 20.7. The van der Waals surface area contributed by atoms with Gasteiger partial charge < -0.3 is 14.2 Å². The van der Waals surface area contributed by atoms with E-state index in [9.17, 15) is 9.35 Å². The molecule has 1 aliphatic carbocycles. The number of ether oxygens (including phenoxy) is 1. The van der Waals surface area contributed by atoms with Crippen molar-refractivity contribution in [3.05, 3.63) is 29.6 Å². The molecule has 1 spiro atoms. The van der Waals surface area contributed by atoms with E-state index in [-0.39, 0.29) is 11.5 Å². The van der Waals surface area contributed by atoms with Crippen molar-refractivity contribution in [2.24, 2.45) is 9.81 Å². The van der Waals surface area contributed by atoms with Crippen molar-refractivity contribution in [3.8, 4) is 0 Å². The van der Waals surface area contributed by atoms with Crippen LogP contribution in [0.3, 0.4) is 0 Å². The zero-order valence-electron chi connectivity index (χ0n) is 17.7. The highest BCUT2D eigenvalue weighted by Crippen LogP contribution is 2.45. The molecule has 0 bridgehead atoms. The van der Waals surface area contributed by atoms with Crippen molar-refractivity contribution < 1.29 is 14.1 Å². The number of aromatic nitrogens is 1. The van der Waals surface area contributed by atoms with E-state index >= 15 is 0 Å². The van der Waals surface area contributed by atoms with Crippen LogP contribution >= 0.6 is 0 Å². The summed E-state index contributed by atoms with van der Waals surface area (Å²) < 4.78 is 22.6. The largest absolute Gasteiger partial charge is 0.591 e. The predicted octanol–water partition coefficient (Wildman–Crippen LogP) is 3.91. The molecule has 0 saturated carbocycles. The third kappa shape index (κ3) is 4.35. The smallest absolute Gasteiger partial charge is 0.410 e. The first-order valence-electron chi connectivity index (χ1n) is 9.85. The van der Waals surface area contributed by atoms with Crippen molar-refractivity contribution in [2.75, 3.05) is 13.1 Å². The Morgan fingerprint density at radius 3 is 2.46 bits per heavy atom. The maximum atomic E-state index is 12.8. The monoisotopic (exact) mass is 405 g/mol. The zero-order valence-corrected chi connectivity index (χ0v) is 18.6. The molecule has 1 atom stereocenters. The van der Waals surface area contributed by atoms with Crippen LogP contribution in [0.1, 0.15) is 65.6 Å². The molecule has 6 nitrogen and oxygen atoms in total. The number of piperidine rings is 1. The number of hydrogen-bond donors (Lipinski definition) is 0. The van der Waals surface area contributed by atoms with Crippen LogP contribution in [0.5, 0.6) is 0 Å². The van der Waals surface area contributed by atoms with E-state index in [1.807, 2.05) is 53.7 Å². The normalized spacial score (nSPS) is 21.7. The van der Waals surface area contributed by atoms with E-state index in [2.05, 4.69) is 4.98 Å². The number of rotatable bonds is 1. The van der Waals surface area contributed by atoms with Gasteiger partial charge in [0, 0.05) is 36.7 Å². The van der Waals surface area contributed by atoms with Gasteiger partial charge in [0.25, 0.3) is 0 Å². The summed E-state index contributed by atoms with van der Waals surface area (Å²) in [6, 6.07) is 3.93. The maximum Gasteiger partial charge on any atom is 0.410 e. The fourth-order valence-corrected chi connectivity index (χ4v) is 4.44. The van der Waals surface area contributed by atoms with E-state index in [0.717, 1.165) is 36.2 Å². The van der Waals surface area contributed by atoms with E-state index in [0.29, 0.717) is 13.1 Å². The molecular weight excluding hydrogens is 374 g/mol. The SMILES string of the molecule is CC(C)(C)OC(=O)N1CCC2(CC1)Cc1ncccc1C2=N[S+]([O-])C(C)(C)C. The van der Waals surface area contributed by atoms with Crippen molar-refractivity contribution in [1.29, 1.82) is 0 Å². The Labute approximate surface area is 171 Å². The summed E-state index contributed by atoms with van der Waals surface area (Å²) in [5.41, 5.74) is 2.20. The standard InChI is InChI=1S/C21H31N3O3S/c1-19(2,3)27-18(25)24-12-9-21(10-13-24)14-16-15(8-7-11-22-16)17(21)23-28(26)20(4,5)6/h7-8,11H,9-10,12-14H2,1-6H3. The number of carbonyl (C=O) groups excluding carboxylic acids is 1. The molecule has 1 aromatic heterocycles. The van der Waals surface area contributed by atoms with E-state index in [4.69, 9.17) is 9.13 Å². The van der Waals surface area contributed by atoms with Crippen molar-refractivity contribution >= 4 is 23.2 Å². The minimum Gasteiger partial charge on any atom is -0.591 e. The molecule has 2 aliphatic rings. The number of pyridine rings is 1. The van der Waals surface area contributed by atoms with Gasteiger partial charge in [-0.3, -0.25) is 4.98 Å². The molecule has 1 aliphatic heterocycles. The van der Waals surface area contributed by atoms with Gasteiger partial charge in [-0.2, -0.15) is 0 Å². The van der Waals surface area contributed by atoms with Crippen molar-refractivity contribution in [3.63, 3.8) is 0 Å². The Morgan fingerprint density at radius 1 is 1.25 bits per heavy atom. The van der Waals surface area contributed by atoms with Crippen LogP contribution in [0.15, 0.2) is 22.7 Å². The number of hydrogen-bond acceptors (Lipinski definition) is 5. The fraction of sp³-hybridized carbons (Fsp3) is 0.667. The van der Waals surface area contributed by atoms with Crippen LogP contribution in [0.25, 0.3) is 0 Å². The first-order valence-corrected chi connectivity index (χ1v) is 11.0. The number of amides is 1. The Balaban J connectivity index is 1.85. The van der Waals surface area contributed by atoms with Gasteiger partial charge in [-0.1, -0.05) is 4.40 Å². The molecule has 3 rings (SSSR count).